The highest BCUT2D eigenvalue weighted by Crippen LogP contribution is 2.46. The Kier molecular flexibility index (Phi) is 1.86. The van der Waals surface area contributed by atoms with E-state index >= 15 is 0 Å². The van der Waals surface area contributed by atoms with Crippen LogP contribution >= 0.6 is 0 Å². The summed E-state index contributed by atoms with van der Waals surface area (Å²) in [5.41, 5.74) is -1.69. The zero-order valence-corrected chi connectivity index (χ0v) is 6.98. The lowest BCUT2D eigenvalue weighted by molar-refractivity contribution is -0.197. The van der Waals surface area contributed by atoms with Gasteiger partial charge in [-0.1, -0.05) is 0 Å². The van der Waals surface area contributed by atoms with Gasteiger partial charge in [0.25, 0.3) is 0 Å². The average Bonchev–Trinajstić information content (AvgIpc) is 2.04. The lowest BCUT2D eigenvalue weighted by Gasteiger charge is -2.52. The second-order valence-corrected chi connectivity index (χ2v) is 3.87. The standard InChI is InChI=1S/C8H14FNO2/c9-7(6-11)3-8(4-7)5-10-1-2-12-8/h10-11H,1-6H2. The summed E-state index contributed by atoms with van der Waals surface area (Å²) in [5, 5.41) is 11.9. The SMILES string of the molecule is OCC1(F)CC2(CNCCO2)C1. The molecule has 2 rings (SSSR count). The van der Waals surface area contributed by atoms with Crippen molar-refractivity contribution in [3.05, 3.63) is 0 Å². The number of rotatable bonds is 1. The summed E-state index contributed by atoms with van der Waals surface area (Å²) in [5.74, 6) is 0. The van der Waals surface area contributed by atoms with Gasteiger partial charge < -0.3 is 15.2 Å². The zero-order chi connectivity index (χ0) is 8.66. The van der Waals surface area contributed by atoms with E-state index in [1.165, 1.54) is 0 Å². The third kappa shape index (κ3) is 1.24. The average molecular weight is 175 g/mol. The van der Waals surface area contributed by atoms with Crippen molar-refractivity contribution in [3.63, 3.8) is 0 Å². The van der Waals surface area contributed by atoms with E-state index in [4.69, 9.17) is 9.84 Å². The lowest BCUT2D eigenvalue weighted by Crippen LogP contribution is -2.64. The van der Waals surface area contributed by atoms with Crippen LogP contribution in [0.2, 0.25) is 0 Å². The van der Waals surface area contributed by atoms with Gasteiger partial charge in [0.1, 0.15) is 5.67 Å². The highest BCUT2D eigenvalue weighted by Gasteiger charge is 2.56. The highest BCUT2D eigenvalue weighted by atomic mass is 19.1. The van der Waals surface area contributed by atoms with Crippen LogP contribution in [-0.4, -0.2) is 42.7 Å². The molecule has 1 saturated carbocycles. The predicted octanol–water partition coefficient (Wildman–Crippen LogP) is -0.161. The van der Waals surface area contributed by atoms with E-state index in [1.54, 1.807) is 0 Å². The largest absolute Gasteiger partial charge is 0.393 e. The molecule has 0 unspecified atom stereocenters. The van der Waals surface area contributed by atoms with E-state index in [0.717, 1.165) is 13.1 Å². The predicted molar refractivity (Wildman–Crippen MR) is 41.7 cm³/mol. The first kappa shape index (κ1) is 8.41. The minimum Gasteiger partial charge on any atom is -0.393 e. The summed E-state index contributed by atoms with van der Waals surface area (Å²) in [6.07, 6.45) is 0.674. The molecule has 0 aromatic carbocycles. The van der Waals surface area contributed by atoms with Gasteiger partial charge in [0.2, 0.25) is 0 Å². The molecular weight excluding hydrogens is 161 g/mol. The summed E-state index contributed by atoms with van der Waals surface area (Å²) in [4.78, 5) is 0. The van der Waals surface area contributed by atoms with E-state index < -0.39 is 5.67 Å². The molecule has 3 nitrogen and oxygen atoms in total. The molecule has 0 amide bonds. The molecule has 70 valence electrons. The van der Waals surface area contributed by atoms with Crippen molar-refractivity contribution >= 4 is 0 Å². The molecule has 1 heterocycles. The third-order valence-electron chi connectivity index (χ3n) is 2.70. The molecule has 1 aliphatic heterocycles. The maximum atomic E-state index is 13.3. The lowest BCUT2D eigenvalue weighted by atomic mass is 9.68. The Labute approximate surface area is 70.9 Å². The Balaban J connectivity index is 1.92. The zero-order valence-electron chi connectivity index (χ0n) is 6.98. The molecule has 2 fully saturated rings. The minimum absolute atomic E-state index is 0.310. The molecule has 2 N–H and O–H groups in total. The van der Waals surface area contributed by atoms with E-state index in [1.807, 2.05) is 0 Å². The van der Waals surface area contributed by atoms with Gasteiger partial charge in [-0.3, -0.25) is 0 Å². The number of hydrogen-bond acceptors (Lipinski definition) is 3. The van der Waals surface area contributed by atoms with E-state index in [0.29, 0.717) is 19.4 Å². The van der Waals surface area contributed by atoms with E-state index in [9.17, 15) is 4.39 Å². The van der Waals surface area contributed by atoms with Crippen LogP contribution < -0.4 is 5.32 Å². The molecule has 0 aromatic heterocycles. The minimum atomic E-state index is -1.38. The van der Waals surface area contributed by atoms with Gasteiger partial charge in [-0.15, -0.1) is 0 Å². The molecule has 2 aliphatic rings. The third-order valence-corrected chi connectivity index (χ3v) is 2.70. The van der Waals surface area contributed by atoms with Gasteiger partial charge in [0.15, 0.2) is 0 Å². The van der Waals surface area contributed by atoms with Crippen molar-refractivity contribution in [2.45, 2.75) is 24.1 Å². The maximum Gasteiger partial charge on any atom is 0.139 e. The summed E-state index contributed by atoms with van der Waals surface area (Å²) in [7, 11) is 0. The van der Waals surface area contributed by atoms with Crippen LogP contribution in [0.5, 0.6) is 0 Å². The molecular formula is C8H14FNO2. The first-order valence-corrected chi connectivity index (χ1v) is 4.33. The Morgan fingerprint density at radius 3 is 2.75 bits per heavy atom. The van der Waals surface area contributed by atoms with Crippen LogP contribution in [0.25, 0.3) is 0 Å². The molecule has 4 heteroatoms. The number of nitrogens with one attached hydrogen (secondary N) is 1. The van der Waals surface area contributed by atoms with Crippen molar-refractivity contribution in [2.75, 3.05) is 26.3 Å². The number of ether oxygens (including phenoxy) is 1. The highest BCUT2D eigenvalue weighted by molar-refractivity contribution is 5.08. The first-order chi connectivity index (χ1) is 5.68. The fourth-order valence-electron chi connectivity index (χ4n) is 2.15. The van der Waals surface area contributed by atoms with Crippen molar-refractivity contribution in [3.8, 4) is 0 Å². The number of morpholine rings is 1. The Morgan fingerprint density at radius 1 is 1.50 bits per heavy atom. The molecule has 0 radical (unpaired) electrons. The van der Waals surface area contributed by atoms with Crippen molar-refractivity contribution < 1.29 is 14.2 Å². The molecule has 12 heavy (non-hydrogen) atoms. The van der Waals surface area contributed by atoms with Crippen LogP contribution in [-0.2, 0) is 4.74 Å². The number of alkyl halides is 1. The van der Waals surface area contributed by atoms with Crippen LogP contribution in [0, 0.1) is 0 Å². The molecule has 1 aliphatic carbocycles. The fraction of sp³-hybridized carbons (Fsp3) is 1.00. The Morgan fingerprint density at radius 2 is 2.25 bits per heavy atom. The number of aliphatic hydroxyl groups is 1. The van der Waals surface area contributed by atoms with Gasteiger partial charge in [0.05, 0.1) is 18.8 Å². The quantitative estimate of drug-likeness (QED) is 0.582. The molecule has 1 saturated heterocycles. The first-order valence-electron chi connectivity index (χ1n) is 4.33. The topological polar surface area (TPSA) is 41.5 Å². The van der Waals surface area contributed by atoms with Crippen LogP contribution in [0.4, 0.5) is 4.39 Å². The monoisotopic (exact) mass is 175 g/mol. The molecule has 0 atom stereocenters. The number of aliphatic hydroxyl groups excluding tert-OH is 1. The summed E-state index contributed by atoms with van der Waals surface area (Å²) < 4.78 is 18.8. The summed E-state index contributed by atoms with van der Waals surface area (Å²) in [6, 6.07) is 0. The molecule has 1 spiro atoms. The fourth-order valence-corrected chi connectivity index (χ4v) is 2.15. The smallest absolute Gasteiger partial charge is 0.139 e. The van der Waals surface area contributed by atoms with Crippen molar-refractivity contribution in [1.29, 1.82) is 0 Å². The molecule has 0 bridgehead atoms. The summed E-state index contributed by atoms with van der Waals surface area (Å²) in [6.45, 7) is 1.85. The van der Waals surface area contributed by atoms with Crippen LogP contribution in [0.1, 0.15) is 12.8 Å². The van der Waals surface area contributed by atoms with Crippen molar-refractivity contribution in [1.82, 2.24) is 5.32 Å². The normalized spacial score (nSPS) is 47.5. The van der Waals surface area contributed by atoms with Gasteiger partial charge >= 0.3 is 0 Å². The summed E-state index contributed by atoms with van der Waals surface area (Å²) >= 11 is 0. The van der Waals surface area contributed by atoms with Crippen LogP contribution in [0.15, 0.2) is 0 Å². The van der Waals surface area contributed by atoms with Gasteiger partial charge in [-0.2, -0.15) is 0 Å². The second kappa shape index (κ2) is 2.65. The van der Waals surface area contributed by atoms with E-state index in [2.05, 4.69) is 5.32 Å². The Bertz CT molecular complexity index is 172. The Hall–Kier alpha value is -0.190. The number of halogens is 1. The van der Waals surface area contributed by atoms with Gasteiger partial charge in [0, 0.05) is 25.9 Å². The van der Waals surface area contributed by atoms with Crippen LogP contribution in [0.3, 0.4) is 0 Å². The second-order valence-electron chi connectivity index (χ2n) is 3.87. The van der Waals surface area contributed by atoms with E-state index in [-0.39, 0.29) is 12.2 Å². The van der Waals surface area contributed by atoms with Crippen molar-refractivity contribution in [2.24, 2.45) is 0 Å². The molecule has 0 aromatic rings. The number of hydrogen-bond donors (Lipinski definition) is 2. The van der Waals surface area contributed by atoms with Gasteiger partial charge in [-0.05, 0) is 0 Å². The van der Waals surface area contributed by atoms with Gasteiger partial charge in [-0.25, -0.2) is 4.39 Å². The maximum absolute atomic E-state index is 13.3.